The van der Waals surface area contributed by atoms with Gasteiger partial charge in [-0.3, -0.25) is 4.72 Å². The van der Waals surface area contributed by atoms with Gasteiger partial charge in [-0.25, -0.2) is 4.79 Å². The van der Waals surface area contributed by atoms with Gasteiger partial charge in [-0.2, -0.15) is 0 Å². The fourth-order valence-electron chi connectivity index (χ4n) is 12.1. The monoisotopic (exact) mass is 741 g/mol. The number of hydrogen-bond donors (Lipinski definition) is 3. The Kier molecular flexibility index (Phi) is 18.1. The molecule has 0 aromatic heterocycles. The van der Waals surface area contributed by atoms with Gasteiger partial charge in [0.1, 0.15) is 0 Å². The van der Waals surface area contributed by atoms with Crippen molar-refractivity contribution in [1.29, 1.82) is 0 Å². The third kappa shape index (κ3) is 9.50. The van der Waals surface area contributed by atoms with E-state index in [0.717, 1.165) is 48.4 Å². The molecule has 292 valence electrons. The van der Waals surface area contributed by atoms with Crippen LogP contribution in [-0.2, 0) is 0 Å². The molecule has 53 heavy (non-hydrogen) atoms. The molecule has 1 aromatic carbocycles. The van der Waals surface area contributed by atoms with Crippen LogP contribution in [0.1, 0.15) is 141 Å². The summed E-state index contributed by atoms with van der Waals surface area (Å²) in [5.41, 5.74) is 4.29. The molecule has 0 spiro atoms. The van der Waals surface area contributed by atoms with Crippen molar-refractivity contribution >= 4 is 23.5 Å². The summed E-state index contributed by atoms with van der Waals surface area (Å²) in [5.74, 6) is 3.27. The van der Waals surface area contributed by atoms with E-state index < -0.39 is 5.97 Å². The number of nitrogens with one attached hydrogen (secondary N) is 2. The Morgan fingerprint density at radius 2 is 1.45 bits per heavy atom. The Hall–Kier alpha value is -2.88. The first kappa shape index (κ1) is 46.3. The third-order valence-corrected chi connectivity index (χ3v) is 15.2. The van der Waals surface area contributed by atoms with Crippen LogP contribution in [-0.4, -0.2) is 35.0 Å². The van der Waals surface area contributed by atoms with Gasteiger partial charge in [0.05, 0.1) is 5.56 Å². The van der Waals surface area contributed by atoms with Gasteiger partial charge in [-0.05, 0) is 147 Å². The van der Waals surface area contributed by atoms with Crippen LogP contribution in [0.3, 0.4) is 0 Å². The van der Waals surface area contributed by atoms with Gasteiger partial charge in [0, 0.05) is 23.9 Å². The largest absolute Gasteiger partial charge is 0.478 e. The first-order chi connectivity index (χ1) is 25.5. The first-order valence-electron chi connectivity index (χ1n) is 20.2. The van der Waals surface area contributed by atoms with Crippen molar-refractivity contribution in [3.8, 4) is 38.5 Å². The normalized spacial score (nSPS) is 33.8. The van der Waals surface area contributed by atoms with Crippen molar-refractivity contribution in [2.45, 2.75) is 136 Å². The number of carboxylic acids is 1. The van der Waals surface area contributed by atoms with E-state index in [1.165, 1.54) is 81.8 Å². The van der Waals surface area contributed by atoms with Crippen LogP contribution in [0, 0.1) is 84.4 Å². The molecular formula is C48H72N2O2S. The number of allylic oxidation sites excluding steroid dienone is 3. The molecule has 0 saturated heterocycles. The van der Waals surface area contributed by atoms with Crippen LogP contribution in [0.2, 0.25) is 0 Å². The fraction of sp³-hybridized carbons (Fsp3) is 0.646. The molecule has 1 aromatic rings. The lowest BCUT2D eigenvalue weighted by atomic mass is 9.37. The number of carboxylic acid groups (broad SMARTS) is 1. The molecule has 7 rings (SSSR count). The van der Waals surface area contributed by atoms with Crippen molar-refractivity contribution < 1.29 is 9.90 Å². The van der Waals surface area contributed by atoms with Crippen molar-refractivity contribution in [3.63, 3.8) is 0 Å². The van der Waals surface area contributed by atoms with Crippen molar-refractivity contribution in [3.05, 3.63) is 54.1 Å². The molecule has 5 heteroatoms. The highest BCUT2D eigenvalue weighted by Crippen LogP contribution is 2.72. The van der Waals surface area contributed by atoms with Crippen molar-refractivity contribution in [2.75, 3.05) is 13.1 Å². The molecule has 6 aliphatic rings. The number of terminal acetylenes is 3. The molecule has 5 saturated carbocycles. The van der Waals surface area contributed by atoms with Gasteiger partial charge in [-0.15, -0.1) is 45.1 Å². The Labute approximate surface area is 330 Å². The number of carbonyl (C=O) groups is 1. The predicted molar refractivity (Wildman–Crippen MR) is 231 cm³/mol. The number of fused-ring (bicyclic) bond motifs is 7. The summed E-state index contributed by atoms with van der Waals surface area (Å²) in [6, 6.07) is 7.66. The maximum absolute atomic E-state index is 11.5. The molecule has 0 heterocycles. The van der Waals surface area contributed by atoms with E-state index in [-0.39, 0.29) is 5.41 Å². The fourth-order valence-corrected chi connectivity index (χ4v) is 13.0. The summed E-state index contributed by atoms with van der Waals surface area (Å²) >= 11 is 1.98. The maximum atomic E-state index is 11.5. The minimum absolute atomic E-state index is 0.0822. The van der Waals surface area contributed by atoms with E-state index in [4.69, 9.17) is 0 Å². The Bertz CT molecular complexity index is 1390. The summed E-state index contributed by atoms with van der Waals surface area (Å²) < 4.78 is 3.65. The van der Waals surface area contributed by atoms with E-state index in [1.54, 1.807) is 18.2 Å². The predicted octanol–water partition coefficient (Wildman–Crippen LogP) is 11.6. The number of rotatable bonds is 8. The quantitative estimate of drug-likeness (QED) is 0.107. The van der Waals surface area contributed by atoms with Crippen LogP contribution in [0.5, 0.6) is 0 Å². The summed E-state index contributed by atoms with van der Waals surface area (Å²) in [7, 11) is 0. The smallest absolute Gasteiger partial charge is 0.335 e. The zero-order valence-electron chi connectivity index (χ0n) is 34.3. The molecule has 4 unspecified atom stereocenters. The minimum atomic E-state index is -0.846. The highest BCUT2D eigenvalue weighted by molar-refractivity contribution is 7.98. The molecule has 0 aliphatic heterocycles. The Morgan fingerprint density at radius 3 is 2.04 bits per heavy atom. The van der Waals surface area contributed by atoms with Crippen molar-refractivity contribution in [1.82, 2.24) is 10.0 Å². The number of hydrogen-bond acceptors (Lipinski definition) is 4. The third-order valence-electron chi connectivity index (χ3n) is 14.0. The zero-order valence-corrected chi connectivity index (χ0v) is 35.1. The summed E-state index contributed by atoms with van der Waals surface area (Å²) in [6.45, 7) is 21.8. The molecule has 3 N–H and O–H groups in total. The van der Waals surface area contributed by atoms with Crippen LogP contribution >= 0.6 is 11.9 Å². The van der Waals surface area contributed by atoms with Gasteiger partial charge in [0.25, 0.3) is 0 Å². The maximum Gasteiger partial charge on any atom is 0.335 e. The lowest BCUT2D eigenvalue weighted by Crippen LogP contribution is -2.63. The van der Waals surface area contributed by atoms with E-state index in [9.17, 15) is 9.90 Å². The van der Waals surface area contributed by atoms with Crippen LogP contribution in [0.25, 0.3) is 5.57 Å². The lowest BCUT2D eigenvalue weighted by molar-refractivity contribution is -0.172. The molecule has 0 radical (unpaired) electrons. The molecule has 6 aliphatic carbocycles. The van der Waals surface area contributed by atoms with Gasteiger partial charge < -0.3 is 10.4 Å². The summed E-state index contributed by atoms with van der Waals surface area (Å²) in [6.07, 6.45) is 44.9. The van der Waals surface area contributed by atoms with Crippen LogP contribution in [0.15, 0.2) is 43.0 Å². The molecule has 4 nitrogen and oxygen atoms in total. The van der Waals surface area contributed by atoms with Gasteiger partial charge in [0.15, 0.2) is 0 Å². The van der Waals surface area contributed by atoms with E-state index >= 15 is 0 Å². The summed E-state index contributed by atoms with van der Waals surface area (Å²) in [4.78, 5) is 11.5. The van der Waals surface area contributed by atoms with Gasteiger partial charge in [0.2, 0.25) is 0 Å². The topological polar surface area (TPSA) is 61.4 Å². The van der Waals surface area contributed by atoms with Crippen LogP contribution < -0.4 is 10.0 Å². The SMILES string of the molecule is C#C.C#C.C#C.C=CC.CC.CC1(C)C(c2ccc(C(=O)O)cc2)=CC[C@@]2(C)C1CC[C@@]1(C)C3CC[C@@]4(NCCNSC5CC5)CCCC4[C@H]3CCC12. The highest BCUT2D eigenvalue weighted by atomic mass is 32.2. The Morgan fingerprint density at radius 1 is 0.830 bits per heavy atom. The average molecular weight is 741 g/mol. The molecule has 8 atom stereocenters. The molecular weight excluding hydrogens is 669 g/mol. The lowest BCUT2D eigenvalue weighted by Gasteiger charge is -2.68. The molecule has 0 bridgehead atoms. The standard InChI is InChI=1S/C37H54N2O2S.C3H6.C2H6.3C2H2/c1-34(2)28(24-7-9-25(10-8-24)33(40)41)15-19-36(4)31(34)17-20-35(3)29-16-21-37(38-22-23-39-42-26-11-12-26)18-5-6-30(37)27(29)13-14-32(35)36;1-3-2;4*1-2/h7-10,15,26-27,29-32,38-39H,5-6,11-14,16-23H2,1-4H3,(H,40,41);3H,1H2,2H3;1-2H3;3*1-2H/t27-,29?,30?,31?,32?,35-,36-,37-;;;;;/m0...../s1. The average Bonchev–Trinajstić information content (AvgIpc) is 3.90. The van der Waals surface area contributed by atoms with E-state index in [1.807, 2.05) is 44.9 Å². The molecule has 5 fully saturated rings. The first-order valence-corrected chi connectivity index (χ1v) is 21.1. The highest BCUT2D eigenvalue weighted by Gasteiger charge is 2.65. The van der Waals surface area contributed by atoms with E-state index in [2.05, 4.69) is 88.9 Å². The second-order valence-corrected chi connectivity index (χ2v) is 17.9. The molecule has 0 amide bonds. The zero-order chi connectivity index (χ0) is 40.0. The second-order valence-electron chi connectivity index (χ2n) is 16.7. The van der Waals surface area contributed by atoms with Gasteiger partial charge >= 0.3 is 5.97 Å². The second kappa shape index (κ2) is 20.7. The number of benzene rings is 1. The number of aromatic carboxylic acids is 1. The van der Waals surface area contributed by atoms with Gasteiger partial charge in [-0.1, -0.05) is 84.2 Å². The Balaban J connectivity index is 0.000000807. The minimum Gasteiger partial charge on any atom is -0.478 e. The summed E-state index contributed by atoms with van der Waals surface area (Å²) in [5, 5.41) is 14.5. The van der Waals surface area contributed by atoms with Crippen LogP contribution in [0.4, 0.5) is 0 Å². The van der Waals surface area contributed by atoms with E-state index in [0.29, 0.717) is 27.9 Å². The van der Waals surface area contributed by atoms with Crippen molar-refractivity contribution in [2.24, 2.45) is 45.8 Å².